The Kier molecular flexibility index (Phi) is 3.59. The van der Waals surface area contributed by atoms with Crippen LogP contribution >= 0.6 is 27.5 Å². The van der Waals surface area contributed by atoms with Gasteiger partial charge in [0.05, 0.1) is 5.56 Å². The van der Waals surface area contributed by atoms with Gasteiger partial charge in [0.25, 0.3) is 0 Å². The maximum atomic E-state index is 14.0. The zero-order valence-corrected chi connectivity index (χ0v) is 12.5. The van der Waals surface area contributed by atoms with E-state index in [9.17, 15) is 13.2 Å². The van der Waals surface area contributed by atoms with Gasteiger partial charge in [-0.3, -0.25) is 0 Å². The van der Waals surface area contributed by atoms with Crippen LogP contribution in [0.2, 0.25) is 5.15 Å². The average molecular weight is 374 g/mol. The fourth-order valence-electron chi connectivity index (χ4n) is 1.92. The Morgan fingerprint density at radius 2 is 1.76 bits per heavy atom. The van der Waals surface area contributed by atoms with E-state index in [0.717, 1.165) is 6.07 Å². The molecule has 0 N–H and O–H groups in total. The molecule has 0 unspecified atom stereocenters. The van der Waals surface area contributed by atoms with Crippen LogP contribution in [-0.2, 0) is 0 Å². The van der Waals surface area contributed by atoms with E-state index in [4.69, 9.17) is 11.6 Å². The average Bonchev–Trinajstić information content (AvgIpc) is 2.43. The summed E-state index contributed by atoms with van der Waals surface area (Å²) in [6.45, 7) is 0. The topological polar surface area (TPSA) is 25.8 Å². The SMILES string of the molecule is Fc1cccc(-c2nc(Cl)c3cc(Br)cc(F)c3n2)c1F. The van der Waals surface area contributed by atoms with Gasteiger partial charge in [-0.25, -0.2) is 23.1 Å². The molecule has 3 aromatic rings. The number of fused-ring (bicyclic) bond motifs is 1. The van der Waals surface area contributed by atoms with Crippen LogP contribution in [0.1, 0.15) is 0 Å². The molecule has 0 radical (unpaired) electrons. The highest BCUT2D eigenvalue weighted by Crippen LogP contribution is 2.30. The first-order chi connectivity index (χ1) is 9.97. The quantitative estimate of drug-likeness (QED) is 0.553. The molecule has 2 nitrogen and oxygen atoms in total. The van der Waals surface area contributed by atoms with Crippen molar-refractivity contribution in [2.75, 3.05) is 0 Å². The summed E-state index contributed by atoms with van der Waals surface area (Å²) < 4.78 is 41.5. The maximum absolute atomic E-state index is 14.0. The Balaban J connectivity index is 2.33. The molecule has 1 aromatic heterocycles. The van der Waals surface area contributed by atoms with Crippen LogP contribution in [0.4, 0.5) is 13.2 Å². The predicted octanol–water partition coefficient (Wildman–Crippen LogP) is 5.13. The van der Waals surface area contributed by atoms with E-state index in [1.54, 1.807) is 6.07 Å². The molecule has 0 aliphatic carbocycles. The van der Waals surface area contributed by atoms with Gasteiger partial charge in [-0.05, 0) is 24.3 Å². The summed E-state index contributed by atoms with van der Waals surface area (Å²) in [4.78, 5) is 7.87. The third-order valence-electron chi connectivity index (χ3n) is 2.86. The van der Waals surface area contributed by atoms with Crippen molar-refractivity contribution in [2.24, 2.45) is 0 Å². The normalized spacial score (nSPS) is 11.1. The van der Waals surface area contributed by atoms with Gasteiger partial charge in [0.2, 0.25) is 0 Å². The standard InChI is InChI=1S/C14H5BrClF3N2/c15-6-4-8-12(10(18)5-6)20-14(21-13(8)16)7-2-1-3-9(17)11(7)19/h1-5H. The molecule has 21 heavy (non-hydrogen) atoms. The van der Waals surface area contributed by atoms with E-state index >= 15 is 0 Å². The van der Waals surface area contributed by atoms with E-state index < -0.39 is 17.5 Å². The molecule has 3 rings (SSSR count). The van der Waals surface area contributed by atoms with E-state index in [0.29, 0.717) is 4.47 Å². The summed E-state index contributed by atoms with van der Waals surface area (Å²) in [6, 6.07) is 6.34. The third-order valence-corrected chi connectivity index (χ3v) is 3.61. The van der Waals surface area contributed by atoms with Gasteiger partial charge in [0.1, 0.15) is 10.7 Å². The lowest BCUT2D eigenvalue weighted by atomic mass is 10.1. The molecule has 106 valence electrons. The summed E-state index contributed by atoms with van der Waals surface area (Å²) in [5, 5.41) is 0.239. The first-order valence-corrected chi connectivity index (χ1v) is 6.91. The van der Waals surface area contributed by atoms with Crippen molar-refractivity contribution >= 4 is 38.4 Å². The fraction of sp³-hybridized carbons (Fsp3) is 0. The number of halogens is 5. The maximum Gasteiger partial charge on any atom is 0.169 e. The number of aromatic nitrogens is 2. The van der Waals surface area contributed by atoms with Crippen molar-refractivity contribution in [1.29, 1.82) is 0 Å². The minimum Gasteiger partial charge on any atom is -0.225 e. The summed E-state index contributed by atoms with van der Waals surface area (Å²) in [5.41, 5.74) is -0.238. The molecule has 0 amide bonds. The second kappa shape index (κ2) is 5.27. The Hall–Kier alpha value is -1.66. The number of hydrogen-bond acceptors (Lipinski definition) is 2. The Labute approximate surface area is 130 Å². The lowest BCUT2D eigenvalue weighted by Crippen LogP contribution is -1.97. The first kappa shape index (κ1) is 14.3. The van der Waals surface area contributed by atoms with E-state index in [-0.39, 0.29) is 27.4 Å². The minimum absolute atomic E-state index is 0.0427. The zero-order valence-electron chi connectivity index (χ0n) is 10.2. The van der Waals surface area contributed by atoms with Gasteiger partial charge in [0.15, 0.2) is 23.3 Å². The molecular formula is C14H5BrClF3N2. The van der Waals surface area contributed by atoms with E-state index in [1.165, 1.54) is 18.2 Å². The molecule has 0 atom stereocenters. The van der Waals surface area contributed by atoms with E-state index in [1.807, 2.05) is 0 Å². The van der Waals surface area contributed by atoms with Crippen LogP contribution in [0.3, 0.4) is 0 Å². The van der Waals surface area contributed by atoms with Crippen molar-refractivity contribution in [2.45, 2.75) is 0 Å². The first-order valence-electron chi connectivity index (χ1n) is 5.74. The lowest BCUT2D eigenvalue weighted by Gasteiger charge is -2.07. The van der Waals surface area contributed by atoms with Crippen LogP contribution in [0.5, 0.6) is 0 Å². The van der Waals surface area contributed by atoms with Gasteiger partial charge in [-0.15, -0.1) is 0 Å². The molecule has 0 spiro atoms. The second-order valence-electron chi connectivity index (χ2n) is 4.22. The molecule has 0 aliphatic heterocycles. The monoisotopic (exact) mass is 372 g/mol. The fourth-order valence-corrected chi connectivity index (χ4v) is 2.57. The number of benzene rings is 2. The van der Waals surface area contributed by atoms with Crippen molar-refractivity contribution in [3.8, 4) is 11.4 Å². The minimum atomic E-state index is -1.11. The van der Waals surface area contributed by atoms with Crippen molar-refractivity contribution < 1.29 is 13.2 Å². The van der Waals surface area contributed by atoms with Crippen LogP contribution in [0, 0.1) is 17.5 Å². The molecule has 0 saturated carbocycles. The van der Waals surface area contributed by atoms with Gasteiger partial charge >= 0.3 is 0 Å². The second-order valence-corrected chi connectivity index (χ2v) is 5.50. The van der Waals surface area contributed by atoms with Crippen molar-refractivity contribution in [1.82, 2.24) is 9.97 Å². The third kappa shape index (κ3) is 2.49. The van der Waals surface area contributed by atoms with Gasteiger partial charge in [-0.1, -0.05) is 33.6 Å². The van der Waals surface area contributed by atoms with Gasteiger partial charge in [0, 0.05) is 9.86 Å². The highest BCUT2D eigenvalue weighted by molar-refractivity contribution is 9.10. The van der Waals surface area contributed by atoms with Crippen LogP contribution < -0.4 is 0 Å². The molecule has 0 fully saturated rings. The van der Waals surface area contributed by atoms with Crippen LogP contribution in [0.25, 0.3) is 22.3 Å². The van der Waals surface area contributed by atoms with Crippen LogP contribution in [0.15, 0.2) is 34.8 Å². The largest absolute Gasteiger partial charge is 0.225 e. The smallest absolute Gasteiger partial charge is 0.169 e. The van der Waals surface area contributed by atoms with Gasteiger partial charge in [-0.2, -0.15) is 0 Å². The highest BCUT2D eigenvalue weighted by Gasteiger charge is 2.16. The molecule has 7 heteroatoms. The molecule has 1 heterocycles. The molecule has 2 aromatic carbocycles. The summed E-state index contributed by atoms with van der Waals surface area (Å²) in [5.74, 6) is -2.96. The van der Waals surface area contributed by atoms with E-state index in [2.05, 4.69) is 25.9 Å². The Bertz CT molecular complexity index is 870. The Morgan fingerprint density at radius 3 is 2.52 bits per heavy atom. The zero-order chi connectivity index (χ0) is 15.1. The summed E-state index contributed by atoms with van der Waals surface area (Å²) >= 11 is 9.13. The molecule has 0 aliphatic rings. The molecule has 0 bridgehead atoms. The van der Waals surface area contributed by atoms with Gasteiger partial charge < -0.3 is 0 Å². The Morgan fingerprint density at radius 1 is 1.00 bits per heavy atom. The number of rotatable bonds is 1. The molecule has 0 saturated heterocycles. The van der Waals surface area contributed by atoms with Crippen molar-refractivity contribution in [3.63, 3.8) is 0 Å². The summed E-state index contributed by atoms with van der Waals surface area (Å²) in [6.07, 6.45) is 0. The van der Waals surface area contributed by atoms with Crippen molar-refractivity contribution in [3.05, 3.63) is 57.4 Å². The number of hydrogen-bond donors (Lipinski definition) is 0. The summed E-state index contributed by atoms with van der Waals surface area (Å²) in [7, 11) is 0. The molecular weight excluding hydrogens is 369 g/mol. The lowest BCUT2D eigenvalue weighted by molar-refractivity contribution is 0.510. The highest BCUT2D eigenvalue weighted by atomic mass is 79.9. The predicted molar refractivity (Wildman–Crippen MR) is 77.6 cm³/mol. The number of nitrogens with zero attached hydrogens (tertiary/aromatic N) is 2. The van der Waals surface area contributed by atoms with Crippen LogP contribution in [-0.4, -0.2) is 9.97 Å².